The summed E-state index contributed by atoms with van der Waals surface area (Å²) in [5.41, 5.74) is 1.92. The van der Waals surface area contributed by atoms with Crippen molar-refractivity contribution in [3.63, 3.8) is 0 Å². The van der Waals surface area contributed by atoms with E-state index in [1.807, 2.05) is 29.6 Å². The maximum absolute atomic E-state index is 11.8. The Kier molecular flexibility index (Phi) is 3.57. The summed E-state index contributed by atoms with van der Waals surface area (Å²) in [6.07, 6.45) is 2.39. The van der Waals surface area contributed by atoms with E-state index in [4.69, 9.17) is 0 Å². The second kappa shape index (κ2) is 5.50. The molecular weight excluding hydrogens is 258 g/mol. The van der Waals surface area contributed by atoms with Gasteiger partial charge in [0.15, 0.2) is 0 Å². The van der Waals surface area contributed by atoms with Gasteiger partial charge in [0.2, 0.25) is 5.91 Å². The molecule has 19 heavy (non-hydrogen) atoms. The molecule has 1 aliphatic heterocycles. The molecule has 1 amide bonds. The average Bonchev–Trinajstić information content (AvgIpc) is 2.89. The lowest BCUT2D eigenvalue weighted by atomic mass is 9.99. The molecule has 1 aliphatic rings. The van der Waals surface area contributed by atoms with Gasteiger partial charge in [-0.25, -0.2) is 4.98 Å². The van der Waals surface area contributed by atoms with Gasteiger partial charge in [0.1, 0.15) is 5.01 Å². The van der Waals surface area contributed by atoms with Crippen molar-refractivity contribution in [3.8, 4) is 10.6 Å². The van der Waals surface area contributed by atoms with E-state index in [1.54, 1.807) is 17.5 Å². The zero-order chi connectivity index (χ0) is 13.1. The maximum Gasteiger partial charge on any atom is 0.224 e. The number of benzene rings is 1. The van der Waals surface area contributed by atoms with Gasteiger partial charge >= 0.3 is 0 Å². The fourth-order valence-electron chi connectivity index (χ4n) is 2.03. The van der Waals surface area contributed by atoms with E-state index in [0.717, 1.165) is 29.3 Å². The van der Waals surface area contributed by atoms with Crippen LogP contribution in [0.2, 0.25) is 0 Å². The molecule has 0 saturated carbocycles. The van der Waals surface area contributed by atoms with E-state index < -0.39 is 0 Å². The molecule has 4 nitrogen and oxygen atoms in total. The third-order valence-electron chi connectivity index (χ3n) is 3.19. The summed E-state index contributed by atoms with van der Waals surface area (Å²) in [7, 11) is 0. The van der Waals surface area contributed by atoms with Crippen LogP contribution >= 0.6 is 11.3 Å². The molecular formula is C14H15N3OS. The number of nitrogens with one attached hydrogen (secondary N) is 2. The minimum Gasteiger partial charge on any atom is -0.326 e. The normalized spacial score (nSPS) is 14.9. The van der Waals surface area contributed by atoms with Gasteiger partial charge in [0.05, 0.1) is 0 Å². The van der Waals surface area contributed by atoms with Gasteiger partial charge in [0, 0.05) is 29.2 Å². The molecule has 0 spiro atoms. The van der Waals surface area contributed by atoms with E-state index in [0.29, 0.717) is 12.3 Å². The zero-order valence-electron chi connectivity index (χ0n) is 10.4. The van der Waals surface area contributed by atoms with Crippen LogP contribution in [0.5, 0.6) is 0 Å². The van der Waals surface area contributed by atoms with Crippen molar-refractivity contribution in [1.82, 2.24) is 10.3 Å². The van der Waals surface area contributed by atoms with Crippen LogP contribution in [0.3, 0.4) is 0 Å². The number of hydrogen-bond donors (Lipinski definition) is 2. The SMILES string of the molecule is O=C(CC1CNC1)Nc1ccc(-c2nccs2)cc1. The summed E-state index contributed by atoms with van der Waals surface area (Å²) < 4.78 is 0. The molecule has 3 rings (SSSR count). The molecule has 98 valence electrons. The van der Waals surface area contributed by atoms with Gasteiger partial charge < -0.3 is 10.6 Å². The number of hydrogen-bond acceptors (Lipinski definition) is 4. The second-order valence-corrected chi connectivity index (χ2v) is 5.59. The molecule has 0 bridgehead atoms. The number of anilines is 1. The van der Waals surface area contributed by atoms with E-state index in [1.165, 1.54) is 0 Å². The van der Waals surface area contributed by atoms with Crippen LogP contribution in [0, 0.1) is 5.92 Å². The number of carbonyl (C=O) groups excluding carboxylic acids is 1. The Labute approximate surface area is 115 Å². The number of amides is 1. The first-order valence-electron chi connectivity index (χ1n) is 6.32. The summed E-state index contributed by atoms with van der Waals surface area (Å²) in [6.45, 7) is 1.91. The van der Waals surface area contributed by atoms with Gasteiger partial charge in [-0.05, 0) is 43.3 Å². The molecule has 5 heteroatoms. The predicted molar refractivity (Wildman–Crippen MR) is 77.2 cm³/mol. The summed E-state index contributed by atoms with van der Waals surface area (Å²) in [4.78, 5) is 16.0. The van der Waals surface area contributed by atoms with Crippen LogP contribution in [0.25, 0.3) is 10.6 Å². The minimum absolute atomic E-state index is 0.0912. The highest BCUT2D eigenvalue weighted by atomic mass is 32.1. The second-order valence-electron chi connectivity index (χ2n) is 4.69. The number of thiazole rings is 1. The highest BCUT2D eigenvalue weighted by molar-refractivity contribution is 7.13. The minimum atomic E-state index is 0.0912. The molecule has 1 fully saturated rings. The van der Waals surface area contributed by atoms with Crippen LogP contribution in [0.4, 0.5) is 5.69 Å². The molecule has 0 aliphatic carbocycles. The average molecular weight is 273 g/mol. The fraction of sp³-hybridized carbons (Fsp3) is 0.286. The Balaban J connectivity index is 1.61. The van der Waals surface area contributed by atoms with Gasteiger partial charge in [-0.15, -0.1) is 11.3 Å². The lowest BCUT2D eigenvalue weighted by Gasteiger charge is -2.26. The topological polar surface area (TPSA) is 54.0 Å². The lowest BCUT2D eigenvalue weighted by molar-refractivity contribution is -0.117. The van der Waals surface area contributed by atoms with Gasteiger partial charge in [-0.1, -0.05) is 0 Å². The molecule has 0 atom stereocenters. The van der Waals surface area contributed by atoms with Crippen LogP contribution in [-0.4, -0.2) is 24.0 Å². The van der Waals surface area contributed by atoms with Crippen LogP contribution in [0.15, 0.2) is 35.8 Å². The maximum atomic E-state index is 11.8. The molecule has 2 N–H and O–H groups in total. The summed E-state index contributed by atoms with van der Waals surface area (Å²) >= 11 is 1.61. The smallest absolute Gasteiger partial charge is 0.224 e. The predicted octanol–water partition coefficient (Wildman–Crippen LogP) is 2.36. The third kappa shape index (κ3) is 3.00. The van der Waals surface area contributed by atoms with Crippen molar-refractivity contribution in [2.75, 3.05) is 18.4 Å². The zero-order valence-corrected chi connectivity index (χ0v) is 11.2. The van der Waals surface area contributed by atoms with E-state index >= 15 is 0 Å². The van der Waals surface area contributed by atoms with E-state index in [9.17, 15) is 4.79 Å². The molecule has 1 saturated heterocycles. The quantitative estimate of drug-likeness (QED) is 0.899. The third-order valence-corrected chi connectivity index (χ3v) is 4.01. The monoisotopic (exact) mass is 273 g/mol. The Morgan fingerprint density at radius 3 is 2.74 bits per heavy atom. The van der Waals surface area contributed by atoms with Crippen molar-refractivity contribution < 1.29 is 4.79 Å². The number of carbonyl (C=O) groups is 1. The summed E-state index contributed by atoms with van der Waals surface area (Å²) in [6, 6.07) is 7.82. The van der Waals surface area contributed by atoms with Gasteiger partial charge in [-0.2, -0.15) is 0 Å². The van der Waals surface area contributed by atoms with Crippen molar-refractivity contribution in [2.24, 2.45) is 5.92 Å². The van der Waals surface area contributed by atoms with Crippen LogP contribution in [0.1, 0.15) is 6.42 Å². The summed E-state index contributed by atoms with van der Waals surface area (Å²) in [5, 5.41) is 9.05. The Hall–Kier alpha value is -1.72. The van der Waals surface area contributed by atoms with E-state index in [2.05, 4.69) is 15.6 Å². The fourth-order valence-corrected chi connectivity index (χ4v) is 2.67. The summed E-state index contributed by atoms with van der Waals surface area (Å²) in [5.74, 6) is 0.586. The molecule has 1 aromatic heterocycles. The van der Waals surface area contributed by atoms with Crippen molar-refractivity contribution in [3.05, 3.63) is 35.8 Å². The number of aromatic nitrogens is 1. The van der Waals surface area contributed by atoms with E-state index in [-0.39, 0.29) is 5.91 Å². The first kappa shape index (κ1) is 12.3. The van der Waals surface area contributed by atoms with Crippen LogP contribution < -0.4 is 10.6 Å². The number of rotatable bonds is 4. The van der Waals surface area contributed by atoms with Crippen molar-refractivity contribution >= 4 is 22.9 Å². The van der Waals surface area contributed by atoms with Crippen molar-refractivity contribution in [2.45, 2.75) is 6.42 Å². The highest BCUT2D eigenvalue weighted by Crippen LogP contribution is 2.23. The van der Waals surface area contributed by atoms with Crippen molar-refractivity contribution in [1.29, 1.82) is 0 Å². The number of nitrogens with zero attached hydrogens (tertiary/aromatic N) is 1. The molecule has 1 aromatic carbocycles. The molecule has 2 heterocycles. The molecule has 0 radical (unpaired) electrons. The largest absolute Gasteiger partial charge is 0.326 e. The van der Waals surface area contributed by atoms with Gasteiger partial charge in [0.25, 0.3) is 0 Å². The molecule has 2 aromatic rings. The lowest BCUT2D eigenvalue weighted by Crippen LogP contribution is -2.43. The van der Waals surface area contributed by atoms with Crippen LogP contribution in [-0.2, 0) is 4.79 Å². The molecule has 0 unspecified atom stereocenters. The Morgan fingerprint density at radius 1 is 1.37 bits per heavy atom. The first-order chi connectivity index (χ1) is 9.31. The first-order valence-corrected chi connectivity index (χ1v) is 7.20. The standard InChI is InChI=1S/C14H15N3OS/c18-13(7-10-8-15-9-10)17-12-3-1-11(2-4-12)14-16-5-6-19-14/h1-6,10,15H,7-9H2,(H,17,18). The Bertz CT molecular complexity index is 547. The highest BCUT2D eigenvalue weighted by Gasteiger charge is 2.19. The Morgan fingerprint density at radius 2 is 2.16 bits per heavy atom. The van der Waals surface area contributed by atoms with Gasteiger partial charge in [-0.3, -0.25) is 4.79 Å².